The highest BCUT2D eigenvalue weighted by Crippen LogP contribution is 2.28. The summed E-state index contributed by atoms with van der Waals surface area (Å²) in [5.41, 5.74) is 1.38. The van der Waals surface area contributed by atoms with Crippen molar-refractivity contribution in [1.29, 1.82) is 0 Å². The lowest BCUT2D eigenvalue weighted by Gasteiger charge is -2.37. The molecule has 1 amide bonds. The molecule has 0 radical (unpaired) electrons. The normalized spacial score (nSPS) is 18.4. The van der Waals surface area contributed by atoms with Crippen LogP contribution in [0.3, 0.4) is 0 Å². The number of aromatic nitrogens is 1. The second-order valence-electron chi connectivity index (χ2n) is 5.78. The molecule has 2 heterocycles. The maximum atomic E-state index is 12.4. The highest BCUT2D eigenvalue weighted by Gasteiger charge is 2.28. The number of pyridine rings is 1. The summed E-state index contributed by atoms with van der Waals surface area (Å²) in [5, 5.41) is 0. The molecule has 1 unspecified atom stereocenters. The van der Waals surface area contributed by atoms with E-state index < -0.39 is 0 Å². The lowest BCUT2D eigenvalue weighted by Crippen LogP contribution is -2.49. The van der Waals surface area contributed by atoms with Gasteiger partial charge in [-0.1, -0.05) is 0 Å². The number of hydrogen-bond acceptors (Lipinski definition) is 3. The van der Waals surface area contributed by atoms with Crippen LogP contribution in [0.1, 0.15) is 45.1 Å². The van der Waals surface area contributed by atoms with Gasteiger partial charge in [0.15, 0.2) is 0 Å². The van der Waals surface area contributed by atoms with Crippen LogP contribution in [-0.4, -0.2) is 52.9 Å². The van der Waals surface area contributed by atoms with Gasteiger partial charge in [-0.05, 0) is 70.3 Å². The third kappa shape index (κ3) is 3.82. The van der Waals surface area contributed by atoms with E-state index in [4.69, 9.17) is 0 Å². The number of carbonyl (C=O) groups excluding carboxylic acids is 1. The molecule has 0 bridgehead atoms. The summed E-state index contributed by atoms with van der Waals surface area (Å²) in [6.45, 7) is 9.74. The Bertz CT molecular complexity index is 437. The van der Waals surface area contributed by atoms with Gasteiger partial charge in [0.25, 0.3) is 0 Å². The first kappa shape index (κ1) is 16.0. The number of amides is 1. The van der Waals surface area contributed by atoms with E-state index in [0.29, 0.717) is 5.92 Å². The van der Waals surface area contributed by atoms with Gasteiger partial charge in [0.2, 0.25) is 5.91 Å². The fraction of sp³-hybridized carbons (Fsp3) is 0.647. The van der Waals surface area contributed by atoms with Gasteiger partial charge in [0.05, 0.1) is 6.04 Å². The van der Waals surface area contributed by atoms with Crippen LogP contribution >= 0.6 is 0 Å². The van der Waals surface area contributed by atoms with Crippen molar-refractivity contribution >= 4 is 5.91 Å². The Morgan fingerprint density at radius 3 is 2.38 bits per heavy atom. The molecule has 2 rings (SSSR count). The van der Waals surface area contributed by atoms with Crippen molar-refractivity contribution in [3.05, 3.63) is 30.1 Å². The zero-order valence-electron chi connectivity index (χ0n) is 13.5. The minimum Gasteiger partial charge on any atom is -0.342 e. The standard InChI is InChI=1S/C17H27N3O/c1-4-19(5-2)17(21)14(3)20-12-8-16(9-13-20)15-6-10-18-11-7-15/h6-7,10-11,14,16H,4-5,8-9,12-13H2,1-3H3. The molecule has 0 spiro atoms. The number of nitrogens with zero attached hydrogens (tertiary/aromatic N) is 3. The SMILES string of the molecule is CCN(CC)C(=O)C(C)N1CCC(c2ccncc2)CC1. The van der Waals surface area contributed by atoms with Crippen LogP contribution in [0.2, 0.25) is 0 Å². The third-order valence-electron chi connectivity index (χ3n) is 4.69. The van der Waals surface area contributed by atoms with Gasteiger partial charge in [-0.3, -0.25) is 14.7 Å². The Labute approximate surface area is 128 Å². The van der Waals surface area contributed by atoms with Gasteiger partial charge in [0, 0.05) is 25.5 Å². The van der Waals surface area contributed by atoms with E-state index >= 15 is 0 Å². The van der Waals surface area contributed by atoms with E-state index in [9.17, 15) is 4.79 Å². The molecule has 0 saturated carbocycles. The van der Waals surface area contributed by atoms with Crippen LogP contribution in [0.5, 0.6) is 0 Å². The van der Waals surface area contributed by atoms with Crippen molar-refractivity contribution in [2.75, 3.05) is 26.2 Å². The van der Waals surface area contributed by atoms with Crippen molar-refractivity contribution < 1.29 is 4.79 Å². The van der Waals surface area contributed by atoms with Crippen molar-refractivity contribution in [2.45, 2.75) is 45.6 Å². The molecular formula is C17H27N3O. The molecule has 1 atom stereocenters. The molecule has 4 heteroatoms. The topological polar surface area (TPSA) is 36.4 Å². The average Bonchev–Trinajstić information content (AvgIpc) is 2.56. The summed E-state index contributed by atoms with van der Waals surface area (Å²) in [6.07, 6.45) is 5.99. The molecule has 1 aliphatic rings. The zero-order valence-corrected chi connectivity index (χ0v) is 13.5. The lowest BCUT2D eigenvalue weighted by atomic mass is 9.89. The van der Waals surface area contributed by atoms with Crippen molar-refractivity contribution in [1.82, 2.24) is 14.8 Å². The number of carbonyl (C=O) groups is 1. The molecular weight excluding hydrogens is 262 g/mol. The molecule has 1 aliphatic heterocycles. The molecule has 116 valence electrons. The van der Waals surface area contributed by atoms with Gasteiger partial charge < -0.3 is 4.90 Å². The number of likely N-dealkylation sites (tertiary alicyclic amines) is 1. The molecule has 0 N–H and O–H groups in total. The molecule has 1 aromatic heterocycles. The van der Waals surface area contributed by atoms with Gasteiger partial charge in [-0.15, -0.1) is 0 Å². The minimum absolute atomic E-state index is 0.00305. The van der Waals surface area contributed by atoms with E-state index in [0.717, 1.165) is 39.0 Å². The monoisotopic (exact) mass is 289 g/mol. The first-order valence-electron chi connectivity index (χ1n) is 8.10. The summed E-state index contributed by atoms with van der Waals surface area (Å²) >= 11 is 0. The van der Waals surface area contributed by atoms with Crippen LogP contribution in [0, 0.1) is 0 Å². The maximum Gasteiger partial charge on any atom is 0.239 e. The molecule has 21 heavy (non-hydrogen) atoms. The number of piperidine rings is 1. The number of rotatable bonds is 5. The Balaban J connectivity index is 1.90. The smallest absolute Gasteiger partial charge is 0.239 e. The first-order valence-corrected chi connectivity index (χ1v) is 8.10. The van der Waals surface area contributed by atoms with Crippen LogP contribution in [0.4, 0.5) is 0 Å². The van der Waals surface area contributed by atoms with Crippen LogP contribution in [-0.2, 0) is 4.79 Å². The van der Waals surface area contributed by atoms with Gasteiger partial charge >= 0.3 is 0 Å². The second-order valence-corrected chi connectivity index (χ2v) is 5.78. The van der Waals surface area contributed by atoms with E-state index in [-0.39, 0.29) is 11.9 Å². The van der Waals surface area contributed by atoms with E-state index in [1.54, 1.807) is 0 Å². The Kier molecular flexibility index (Phi) is 5.74. The lowest BCUT2D eigenvalue weighted by molar-refractivity contribution is -0.136. The van der Waals surface area contributed by atoms with Gasteiger partial charge in [-0.2, -0.15) is 0 Å². The maximum absolute atomic E-state index is 12.4. The molecule has 1 saturated heterocycles. The molecule has 0 aromatic carbocycles. The second kappa shape index (κ2) is 7.55. The summed E-state index contributed by atoms with van der Waals surface area (Å²) in [7, 11) is 0. The number of hydrogen-bond donors (Lipinski definition) is 0. The van der Waals surface area contributed by atoms with E-state index in [1.807, 2.05) is 38.1 Å². The third-order valence-corrected chi connectivity index (χ3v) is 4.69. The van der Waals surface area contributed by atoms with Crippen molar-refractivity contribution in [3.8, 4) is 0 Å². The quantitative estimate of drug-likeness (QED) is 0.835. The van der Waals surface area contributed by atoms with Gasteiger partial charge in [0.1, 0.15) is 0 Å². The van der Waals surface area contributed by atoms with Crippen molar-refractivity contribution in [3.63, 3.8) is 0 Å². The summed E-state index contributed by atoms with van der Waals surface area (Å²) < 4.78 is 0. The highest BCUT2D eigenvalue weighted by atomic mass is 16.2. The largest absolute Gasteiger partial charge is 0.342 e. The van der Waals surface area contributed by atoms with E-state index in [1.165, 1.54) is 5.56 Å². The average molecular weight is 289 g/mol. The van der Waals surface area contributed by atoms with Crippen LogP contribution in [0.15, 0.2) is 24.5 Å². The highest BCUT2D eigenvalue weighted by molar-refractivity contribution is 5.81. The molecule has 0 aliphatic carbocycles. The fourth-order valence-electron chi connectivity index (χ4n) is 3.21. The zero-order chi connectivity index (χ0) is 15.2. The van der Waals surface area contributed by atoms with Crippen LogP contribution in [0.25, 0.3) is 0 Å². The molecule has 1 aromatic rings. The Morgan fingerprint density at radius 2 is 1.86 bits per heavy atom. The minimum atomic E-state index is 0.00305. The van der Waals surface area contributed by atoms with Gasteiger partial charge in [-0.25, -0.2) is 0 Å². The predicted molar refractivity (Wildman–Crippen MR) is 85.2 cm³/mol. The summed E-state index contributed by atoms with van der Waals surface area (Å²) in [4.78, 5) is 20.8. The summed E-state index contributed by atoms with van der Waals surface area (Å²) in [6, 6.07) is 4.23. The Morgan fingerprint density at radius 1 is 1.29 bits per heavy atom. The number of likely N-dealkylation sites (N-methyl/N-ethyl adjacent to an activating group) is 1. The fourth-order valence-corrected chi connectivity index (χ4v) is 3.21. The van der Waals surface area contributed by atoms with E-state index in [2.05, 4.69) is 22.0 Å². The van der Waals surface area contributed by atoms with Crippen molar-refractivity contribution in [2.24, 2.45) is 0 Å². The molecule has 4 nitrogen and oxygen atoms in total. The van der Waals surface area contributed by atoms with Crippen LogP contribution < -0.4 is 0 Å². The molecule has 1 fully saturated rings. The Hall–Kier alpha value is -1.42. The first-order chi connectivity index (χ1) is 10.2. The predicted octanol–water partition coefficient (Wildman–Crippen LogP) is 2.52. The summed E-state index contributed by atoms with van der Waals surface area (Å²) in [5.74, 6) is 0.877.